The van der Waals surface area contributed by atoms with Crippen molar-refractivity contribution >= 4 is 17.3 Å². The molecule has 3 rings (SSSR count). The van der Waals surface area contributed by atoms with Crippen molar-refractivity contribution in [3.05, 3.63) is 18.6 Å². The summed E-state index contributed by atoms with van der Waals surface area (Å²) in [6.07, 6.45) is 5.73. The van der Waals surface area contributed by atoms with Gasteiger partial charge in [-0.05, 0) is 17.8 Å². The number of aromatic nitrogens is 3. The van der Waals surface area contributed by atoms with Gasteiger partial charge in [0.05, 0.1) is 6.20 Å². The van der Waals surface area contributed by atoms with E-state index < -0.39 is 0 Å². The molecule has 0 unspecified atom stereocenters. The molecule has 1 saturated carbocycles. The Labute approximate surface area is 119 Å². The average molecular weight is 273 g/mol. The second kappa shape index (κ2) is 4.11. The van der Waals surface area contributed by atoms with E-state index in [-0.39, 0.29) is 10.8 Å². The predicted octanol–water partition coefficient (Wildman–Crippen LogP) is 3.01. The third kappa shape index (κ3) is 1.76. The van der Waals surface area contributed by atoms with E-state index in [9.17, 15) is 0 Å². The number of hydrogen-bond acceptors (Lipinski definition) is 4. The van der Waals surface area contributed by atoms with Gasteiger partial charge < -0.3 is 15.0 Å². The monoisotopic (exact) mass is 273 g/mol. The minimum atomic E-state index is 0.270. The molecule has 0 bridgehead atoms. The number of fused-ring (bicyclic) bond motifs is 1. The summed E-state index contributed by atoms with van der Waals surface area (Å²) in [5, 5.41) is 6.86. The van der Waals surface area contributed by atoms with Crippen LogP contribution >= 0.6 is 0 Å². The lowest BCUT2D eigenvalue weighted by Gasteiger charge is -2.11. The van der Waals surface area contributed by atoms with Gasteiger partial charge in [0.2, 0.25) is 0 Å². The maximum absolute atomic E-state index is 4.67. The molecule has 2 N–H and O–H groups in total. The van der Waals surface area contributed by atoms with Crippen LogP contribution in [0.3, 0.4) is 0 Å². The van der Waals surface area contributed by atoms with Crippen LogP contribution in [0.2, 0.25) is 0 Å². The topological polar surface area (TPSA) is 54.2 Å². The molecule has 2 aromatic rings. The standard InChI is InChI=1S/C15H23N5/c1-6-16-10-9-20-8-7-17-12(20)11(18-10)19-13-14(2,3)15(13,4)5/h7-9,13,16H,6H2,1-5H3,(H,18,19). The van der Waals surface area contributed by atoms with Gasteiger partial charge in [0.25, 0.3) is 0 Å². The number of imidazole rings is 1. The summed E-state index contributed by atoms with van der Waals surface area (Å²) in [6, 6.07) is 0.417. The van der Waals surface area contributed by atoms with Crippen LogP contribution in [0.1, 0.15) is 34.6 Å². The van der Waals surface area contributed by atoms with E-state index in [2.05, 4.69) is 55.2 Å². The molecule has 2 heterocycles. The number of anilines is 2. The number of hydrogen-bond donors (Lipinski definition) is 2. The second-order valence-electron chi connectivity index (χ2n) is 6.68. The Kier molecular flexibility index (Phi) is 2.71. The minimum absolute atomic E-state index is 0.270. The third-order valence-corrected chi connectivity index (χ3v) is 5.03. The van der Waals surface area contributed by atoms with Gasteiger partial charge >= 0.3 is 0 Å². The summed E-state index contributed by atoms with van der Waals surface area (Å²) in [5.41, 5.74) is 1.42. The Morgan fingerprint density at radius 3 is 2.55 bits per heavy atom. The van der Waals surface area contributed by atoms with E-state index in [1.165, 1.54) is 0 Å². The number of nitrogens with one attached hydrogen (secondary N) is 2. The first-order valence-corrected chi connectivity index (χ1v) is 7.22. The van der Waals surface area contributed by atoms with Gasteiger partial charge in [0.1, 0.15) is 5.82 Å². The molecule has 0 saturated heterocycles. The first-order valence-electron chi connectivity index (χ1n) is 7.22. The second-order valence-corrected chi connectivity index (χ2v) is 6.68. The summed E-state index contributed by atoms with van der Waals surface area (Å²) >= 11 is 0. The fourth-order valence-corrected chi connectivity index (χ4v) is 2.99. The molecule has 0 aromatic carbocycles. The zero-order valence-corrected chi connectivity index (χ0v) is 12.9. The quantitative estimate of drug-likeness (QED) is 0.899. The SMILES string of the molecule is CCNc1cn2ccnc2c(NC2C(C)(C)C2(C)C)n1. The predicted molar refractivity (Wildman–Crippen MR) is 82.1 cm³/mol. The molecule has 20 heavy (non-hydrogen) atoms. The molecule has 0 radical (unpaired) electrons. The average Bonchev–Trinajstić information content (AvgIpc) is 2.75. The smallest absolute Gasteiger partial charge is 0.180 e. The third-order valence-electron chi connectivity index (χ3n) is 5.03. The normalized spacial score (nSPS) is 20.1. The Bertz CT molecular complexity index is 627. The zero-order valence-electron chi connectivity index (χ0n) is 12.9. The van der Waals surface area contributed by atoms with Gasteiger partial charge in [-0.25, -0.2) is 9.97 Å². The van der Waals surface area contributed by atoms with Crippen LogP contribution in [0.25, 0.3) is 5.65 Å². The van der Waals surface area contributed by atoms with Crippen molar-refractivity contribution in [2.75, 3.05) is 17.2 Å². The molecule has 1 aliphatic rings. The summed E-state index contributed by atoms with van der Waals surface area (Å²) < 4.78 is 2.01. The summed E-state index contributed by atoms with van der Waals surface area (Å²) in [6.45, 7) is 12.1. The van der Waals surface area contributed by atoms with Crippen LogP contribution < -0.4 is 10.6 Å². The molecule has 1 fully saturated rings. The number of rotatable bonds is 4. The largest absolute Gasteiger partial charge is 0.369 e. The fourth-order valence-electron chi connectivity index (χ4n) is 2.99. The lowest BCUT2D eigenvalue weighted by atomic mass is 10.0. The zero-order chi connectivity index (χ0) is 14.5. The van der Waals surface area contributed by atoms with E-state index in [1.54, 1.807) is 6.20 Å². The molecule has 0 atom stereocenters. The van der Waals surface area contributed by atoms with Gasteiger partial charge in [-0.15, -0.1) is 0 Å². The first kappa shape index (κ1) is 13.2. The highest BCUT2D eigenvalue weighted by Gasteiger charge is 2.65. The Morgan fingerprint density at radius 2 is 1.95 bits per heavy atom. The van der Waals surface area contributed by atoms with E-state index in [4.69, 9.17) is 0 Å². The van der Waals surface area contributed by atoms with Crippen molar-refractivity contribution in [1.82, 2.24) is 14.4 Å². The fraction of sp³-hybridized carbons (Fsp3) is 0.600. The molecule has 108 valence electrons. The summed E-state index contributed by atoms with van der Waals surface area (Å²) in [7, 11) is 0. The maximum atomic E-state index is 4.67. The summed E-state index contributed by atoms with van der Waals surface area (Å²) in [4.78, 5) is 9.07. The van der Waals surface area contributed by atoms with Crippen LogP contribution in [0, 0.1) is 10.8 Å². The van der Waals surface area contributed by atoms with Crippen LogP contribution in [0.5, 0.6) is 0 Å². The van der Waals surface area contributed by atoms with Crippen LogP contribution in [0.4, 0.5) is 11.6 Å². The highest BCUT2D eigenvalue weighted by Crippen LogP contribution is 2.63. The van der Waals surface area contributed by atoms with Crippen LogP contribution in [-0.4, -0.2) is 27.0 Å². The van der Waals surface area contributed by atoms with Crippen LogP contribution in [-0.2, 0) is 0 Å². The van der Waals surface area contributed by atoms with Gasteiger partial charge in [-0.3, -0.25) is 0 Å². The molecule has 0 aliphatic heterocycles. The highest BCUT2D eigenvalue weighted by atomic mass is 15.2. The van der Waals surface area contributed by atoms with Gasteiger partial charge in [0.15, 0.2) is 11.5 Å². The Balaban J connectivity index is 1.97. The minimum Gasteiger partial charge on any atom is -0.369 e. The molecular weight excluding hydrogens is 250 g/mol. The first-order chi connectivity index (χ1) is 9.38. The van der Waals surface area contributed by atoms with Crippen molar-refractivity contribution in [3.63, 3.8) is 0 Å². The molecule has 5 heteroatoms. The van der Waals surface area contributed by atoms with Gasteiger partial charge in [-0.1, -0.05) is 27.7 Å². The highest BCUT2D eigenvalue weighted by molar-refractivity contribution is 5.66. The molecule has 0 spiro atoms. The number of nitrogens with zero attached hydrogens (tertiary/aromatic N) is 3. The lowest BCUT2D eigenvalue weighted by molar-refractivity contribution is 0.457. The Hall–Kier alpha value is -1.78. The van der Waals surface area contributed by atoms with E-state index in [0.29, 0.717) is 6.04 Å². The molecule has 1 aliphatic carbocycles. The van der Waals surface area contributed by atoms with Gasteiger partial charge in [0, 0.05) is 25.0 Å². The molecular formula is C15H23N5. The van der Waals surface area contributed by atoms with Crippen molar-refractivity contribution in [1.29, 1.82) is 0 Å². The van der Waals surface area contributed by atoms with Crippen molar-refractivity contribution < 1.29 is 0 Å². The Morgan fingerprint density at radius 1 is 1.25 bits per heavy atom. The van der Waals surface area contributed by atoms with Crippen LogP contribution in [0.15, 0.2) is 18.6 Å². The summed E-state index contributed by atoms with van der Waals surface area (Å²) in [5.74, 6) is 1.73. The van der Waals surface area contributed by atoms with Crippen molar-refractivity contribution in [2.45, 2.75) is 40.7 Å². The molecule has 2 aromatic heterocycles. The van der Waals surface area contributed by atoms with Crippen molar-refractivity contribution in [3.8, 4) is 0 Å². The van der Waals surface area contributed by atoms with Gasteiger partial charge in [-0.2, -0.15) is 0 Å². The van der Waals surface area contributed by atoms with E-state index >= 15 is 0 Å². The maximum Gasteiger partial charge on any atom is 0.180 e. The molecule has 5 nitrogen and oxygen atoms in total. The lowest BCUT2D eigenvalue weighted by Crippen LogP contribution is -2.14. The van der Waals surface area contributed by atoms with Crippen molar-refractivity contribution in [2.24, 2.45) is 10.8 Å². The van der Waals surface area contributed by atoms with E-state index in [0.717, 1.165) is 23.8 Å². The van der Waals surface area contributed by atoms with E-state index in [1.807, 2.05) is 16.8 Å². The molecule has 0 amide bonds.